The standard InChI is InChI=1S/C16H20BrN5O.2CH4O/c17-11-6-19-15-13(14(11)22-5-1-2-10(18)8-22)12(7-20-15)21-16(23)9-3-4-9;2*1-2/h6-7,9-10H,1-5,8,18H2,(H,19,20)(H,21,23);2*2H,1H3/t10-;;/m1../s1. The molecule has 2 aromatic heterocycles. The molecule has 2 aromatic rings. The van der Waals surface area contributed by atoms with Crippen molar-refractivity contribution in [1.82, 2.24) is 9.97 Å². The summed E-state index contributed by atoms with van der Waals surface area (Å²) < 4.78 is 0.931. The van der Waals surface area contributed by atoms with Gasteiger partial charge in [-0.15, -0.1) is 0 Å². The van der Waals surface area contributed by atoms with Crippen LogP contribution in [0.2, 0.25) is 0 Å². The maximum atomic E-state index is 12.2. The van der Waals surface area contributed by atoms with Crippen LogP contribution >= 0.6 is 15.9 Å². The van der Waals surface area contributed by atoms with Gasteiger partial charge in [0.1, 0.15) is 5.65 Å². The highest BCUT2D eigenvalue weighted by atomic mass is 79.9. The number of nitrogens with two attached hydrogens (primary N) is 1. The van der Waals surface area contributed by atoms with Crippen LogP contribution in [0.25, 0.3) is 11.0 Å². The van der Waals surface area contributed by atoms with Crippen molar-refractivity contribution in [3.8, 4) is 0 Å². The summed E-state index contributed by atoms with van der Waals surface area (Å²) in [5, 5.41) is 18.0. The van der Waals surface area contributed by atoms with Gasteiger partial charge in [0.25, 0.3) is 0 Å². The number of carbonyl (C=O) groups is 1. The van der Waals surface area contributed by atoms with Crippen LogP contribution in [0.4, 0.5) is 11.4 Å². The number of fused-ring (bicyclic) bond motifs is 1. The maximum Gasteiger partial charge on any atom is 0.227 e. The lowest BCUT2D eigenvalue weighted by Crippen LogP contribution is -2.43. The van der Waals surface area contributed by atoms with Crippen LogP contribution in [0, 0.1) is 5.92 Å². The molecule has 0 spiro atoms. The Morgan fingerprint density at radius 2 is 2.04 bits per heavy atom. The summed E-state index contributed by atoms with van der Waals surface area (Å²) in [6.07, 6.45) is 7.75. The first-order valence-corrected chi connectivity index (χ1v) is 9.79. The van der Waals surface area contributed by atoms with Gasteiger partial charge in [-0.2, -0.15) is 0 Å². The van der Waals surface area contributed by atoms with Crippen LogP contribution in [-0.2, 0) is 4.79 Å². The Bertz CT molecular complexity index is 763. The van der Waals surface area contributed by atoms with Gasteiger partial charge in [0, 0.05) is 51.7 Å². The molecule has 1 saturated heterocycles. The molecule has 8 nitrogen and oxygen atoms in total. The molecule has 1 aliphatic carbocycles. The van der Waals surface area contributed by atoms with Crippen LogP contribution in [0.5, 0.6) is 0 Å². The molecular weight excluding hydrogens is 414 g/mol. The molecule has 2 fully saturated rings. The normalized spacial score (nSPS) is 18.9. The zero-order valence-corrected chi connectivity index (χ0v) is 17.3. The number of amides is 1. The number of aliphatic hydroxyl groups is 2. The summed E-state index contributed by atoms with van der Waals surface area (Å²) in [6.45, 7) is 1.78. The Morgan fingerprint density at radius 1 is 1.33 bits per heavy atom. The van der Waals surface area contributed by atoms with Gasteiger partial charge in [-0.1, -0.05) is 0 Å². The molecule has 2 aliphatic rings. The van der Waals surface area contributed by atoms with E-state index in [-0.39, 0.29) is 17.9 Å². The summed E-state index contributed by atoms with van der Waals surface area (Å²) in [6, 6.07) is 0.183. The van der Waals surface area contributed by atoms with E-state index in [2.05, 4.69) is 36.1 Å². The van der Waals surface area contributed by atoms with E-state index in [9.17, 15) is 4.79 Å². The van der Waals surface area contributed by atoms with Gasteiger partial charge < -0.3 is 31.1 Å². The summed E-state index contributed by atoms with van der Waals surface area (Å²) in [7, 11) is 2.00. The Balaban J connectivity index is 0.000000614. The van der Waals surface area contributed by atoms with Crippen molar-refractivity contribution < 1.29 is 15.0 Å². The molecular formula is C18H28BrN5O3. The quantitative estimate of drug-likeness (QED) is 0.494. The molecule has 0 radical (unpaired) electrons. The molecule has 4 rings (SSSR count). The van der Waals surface area contributed by atoms with E-state index in [1.165, 1.54) is 0 Å². The molecule has 0 unspecified atom stereocenters. The second-order valence-electron chi connectivity index (χ2n) is 6.49. The third-order valence-electron chi connectivity index (χ3n) is 4.61. The molecule has 1 aliphatic heterocycles. The zero-order chi connectivity index (χ0) is 20.0. The molecule has 27 heavy (non-hydrogen) atoms. The smallest absolute Gasteiger partial charge is 0.227 e. The number of nitrogens with zero attached hydrogens (tertiary/aromatic N) is 2. The minimum absolute atomic E-state index is 0.104. The fourth-order valence-electron chi connectivity index (χ4n) is 3.26. The third kappa shape index (κ3) is 4.98. The van der Waals surface area contributed by atoms with E-state index in [0.717, 1.165) is 79.9 Å². The number of hydrogen-bond acceptors (Lipinski definition) is 6. The Labute approximate surface area is 167 Å². The number of pyridine rings is 1. The fourth-order valence-corrected chi connectivity index (χ4v) is 3.81. The summed E-state index contributed by atoms with van der Waals surface area (Å²) >= 11 is 3.63. The topological polar surface area (TPSA) is 128 Å². The van der Waals surface area contributed by atoms with E-state index in [1.807, 2.05) is 6.20 Å². The number of aromatic nitrogens is 2. The van der Waals surface area contributed by atoms with Gasteiger partial charge >= 0.3 is 0 Å². The van der Waals surface area contributed by atoms with E-state index >= 15 is 0 Å². The van der Waals surface area contributed by atoms with Gasteiger partial charge in [-0.3, -0.25) is 4.79 Å². The minimum atomic E-state index is 0.104. The van der Waals surface area contributed by atoms with Crippen LogP contribution in [-0.4, -0.2) is 59.4 Å². The van der Waals surface area contributed by atoms with Crippen molar-refractivity contribution in [1.29, 1.82) is 0 Å². The lowest BCUT2D eigenvalue weighted by molar-refractivity contribution is -0.117. The first-order valence-electron chi connectivity index (χ1n) is 9.00. The van der Waals surface area contributed by atoms with Crippen LogP contribution in [0.1, 0.15) is 25.7 Å². The zero-order valence-electron chi connectivity index (χ0n) is 15.7. The lowest BCUT2D eigenvalue weighted by atomic mass is 10.1. The Hall–Kier alpha value is -1.68. The van der Waals surface area contributed by atoms with E-state index in [0.29, 0.717) is 0 Å². The van der Waals surface area contributed by atoms with E-state index in [1.54, 1.807) is 6.20 Å². The third-order valence-corrected chi connectivity index (χ3v) is 5.19. The van der Waals surface area contributed by atoms with E-state index < -0.39 is 0 Å². The summed E-state index contributed by atoms with van der Waals surface area (Å²) in [5.74, 6) is 0.277. The average molecular weight is 442 g/mol. The van der Waals surface area contributed by atoms with Gasteiger partial charge in [0.2, 0.25) is 5.91 Å². The Morgan fingerprint density at radius 3 is 2.67 bits per heavy atom. The van der Waals surface area contributed by atoms with Gasteiger partial charge in [-0.25, -0.2) is 4.98 Å². The highest BCUT2D eigenvalue weighted by Gasteiger charge is 2.31. The number of piperidine rings is 1. The second kappa shape index (κ2) is 10.0. The number of H-pyrrole nitrogens is 1. The number of rotatable bonds is 3. The Kier molecular flexibility index (Phi) is 8.03. The van der Waals surface area contributed by atoms with Crippen LogP contribution in [0.3, 0.4) is 0 Å². The average Bonchev–Trinajstić information content (AvgIpc) is 3.48. The minimum Gasteiger partial charge on any atom is -0.400 e. The van der Waals surface area contributed by atoms with Gasteiger partial charge in [-0.05, 0) is 41.6 Å². The fraction of sp³-hybridized carbons (Fsp3) is 0.556. The number of aliphatic hydroxyl groups excluding tert-OH is 2. The molecule has 0 bridgehead atoms. The number of carbonyl (C=O) groups excluding carboxylic acids is 1. The number of aromatic amines is 1. The molecule has 1 saturated carbocycles. The molecule has 3 heterocycles. The number of halogens is 1. The molecule has 1 amide bonds. The molecule has 1 atom stereocenters. The van der Waals surface area contributed by atoms with Crippen LogP contribution in [0.15, 0.2) is 16.9 Å². The van der Waals surface area contributed by atoms with Gasteiger partial charge in [0.05, 0.1) is 21.2 Å². The predicted molar refractivity (Wildman–Crippen MR) is 111 cm³/mol. The number of nitrogens with one attached hydrogen (secondary N) is 2. The number of anilines is 2. The highest BCUT2D eigenvalue weighted by Crippen LogP contribution is 2.39. The summed E-state index contributed by atoms with van der Waals surface area (Å²) in [5.41, 5.74) is 8.81. The molecule has 0 aromatic carbocycles. The monoisotopic (exact) mass is 441 g/mol. The molecule has 9 heteroatoms. The SMILES string of the molecule is CO.CO.N[C@@H]1CCCN(c2c(Br)cnc3[nH]cc(NC(=O)C4CC4)c23)C1. The van der Waals surface area contributed by atoms with Crippen molar-refractivity contribution in [2.75, 3.05) is 37.5 Å². The summed E-state index contributed by atoms with van der Waals surface area (Å²) in [4.78, 5) is 22.0. The predicted octanol–water partition coefficient (Wildman–Crippen LogP) is 1.82. The van der Waals surface area contributed by atoms with Crippen molar-refractivity contribution in [3.63, 3.8) is 0 Å². The van der Waals surface area contributed by atoms with Crippen LogP contribution < -0.4 is 16.0 Å². The highest BCUT2D eigenvalue weighted by molar-refractivity contribution is 9.10. The molecule has 150 valence electrons. The number of hydrogen-bond donors (Lipinski definition) is 5. The van der Waals surface area contributed by atoms with Gasteiger partial charge in [0.15, 0.2) is 0 Å². The first-order chi connectivity index (χ1) is 13.1. The lowest BCUT2D eigenvalue weighted by Gasteiger charge is -2.33. The first kappa shape index (κ1) is 21.6. The largest absolute Gasteiger partial charge is 0.400 e. The van der Waals surface area contributed by atoms with Crippen molar-refractivity contribution >= 4 is 44.2 Å². The molecule has 6 N–H and O–H groups in total. The van der Waals surface area contributed by atoms with E-state index in [4.69, 9.17) is 15.9 Å². The van der Waals surface area contributed by atoms with Crippen molar-refractivity contribution in [2.24, 2.45) is 11.7 Å². The second-order valence-corrected chi connectivity index (χ2v) is 7.35. The maximum absolute atomic E-state index is 12.2. The van der Waals surface area contributed by atoms with Crippen molar-refractivity contribution in [3.05, 3.63) is 16.9 Å². The van der Waals surface area contributed by atoms with Crippen molar-refractivity contribution in [2.45, 2.75) is 31.7 Å².